The zero-order valence-electron chi connectivity index (χ0n) is 12.4. The highest BCUT2D eigenvalue weighted by atomic mass is 32.1. The van der Waals surface area contributed by atoms with Crippen LogP contribution in [0.15, 0.2) is 41.4 Å². The van der Waals surface area contributed by atoms with E-state index in [4.69, 9.17) is 10.5 Å². The maximum absolute atomic E-state index is 5.79. The number of hydrogen-bond acceptors (Lipinski definition) is 3. The van der Waals surface area contributed by atoms with Crippen molar-refractivity contribution in [1.82, 2.24) is 5.32 Å². The normalized spacial score (nSPS) is 11.4. The second-order valence-electron chi connectivity index (χ2n) is 4.62. The van der Waals surface area contributed by atoms with Crippen LogP contribution in [0.1, 0.15) is 18.2 Å². The van der Waals surface area contributed by atoms with Crippen molar-refractivity contribution < 1.29 is 4.74 Å². The monoisotopic (exact) mass is 303 g/mol. The van der Waals surface area contributed by atoms with Crippen LogP contribution in [-0.2, 0) is 6.54 Å². The first-order valence-electron chi connectivity index (χ1n) is 7.00. The lowest BCUT2D eigenvalue weighted by Crippen LogP contribution is -2.32. The van der Waals surface area contributed by atoms with Crippen LogP contribution in [-0.4, -0.2) is 19.6 Å². The Morgan fingerprint density at radius 1 is 1.24 bits per heavy atom. The van der Waals surface area contributed by atoms with E-state index < -0.39 is 0 Å². The summed E-state index contributed by atoms with van der Waals surface area (Å²) in [6, 6.07) is 12.3. The average Bonchev–Trinajstić information content (AvgIpc) is 3.00. The molecule has 1 aromatic heterocycles. The van der Waals surface area contributed by atoms with Gasteiger partial charge in [0.15, 0.2) is 5.96 Å². The third kappa shape index (κ3) is 4.49. The predicted molar refractivity (Wildman–Crippen MR) is 89.9 cm³/mol. The smallest absolute Gasteiger partial charge is 0.188 e. The van der Waals surface area contributed by atoms with E-state index >= 15 is 0 Å². The highest BCUT2D eigenvalue weighted by molar-refractivity contribution is 7.15. The molecule has 112 valence electrons. The molecule has 0 unspecified atom stereocenters. The molecule has 1 heterocycles. The van der Waals surface area contributed by atoms with Crippen LogP contribution in [0.4, 0.5) is 0 Å². The van der Waals surface area contributed by atoms with Crippen LogP contribution in [0.2, 0.25) is 0 Å². The van der Waals surface area contributed by atoms with Crippen LogP contribution in [0.3, 0.4) is 0 Å². The lowest BCUT2D eigenvalue weighted by atomic mass is 10.2. The first kappa shape index (κ1) is 15.4. The topological polar surface area (TPSA) is 59.6 Å². The number of guanidine groups is 1. The van der Waals surface area contributed by atoms with Crippen LogP contribution >= 0.6 is 11.3 Å². The Morgan fingerprint density at radius 3 is 2.67 bits per heavy atom. The molecule has 2 rings (SSSR count). The van der Waals surface area contributed by atoms with E-state index in [9.17, 15) is 0 Å². The summed E-state index contributed by atoms with van der Waals surface area (Å²) >= 11 is 1.73. The first-order chi connectivity index (χ1) is 10.2. The Hall–Kier alpha value is -2.01. The summed E-state index contributed by atoms with van der Waals surface area (Å²) in [6.45, 7) is 3.57. The molecule has 3 N–H and O–H groups in total. The predicted octanol–water partition coefficient (Wildman–Crippen LogP) is 3.24. The van der Waals surface area contributed by atoms with Gasteiger partial charge < -0.3 is 15.8 Å². The van der Waals surface area contributed by atoms with Crippen LogP contribution in [0.25, 0.3) is 10.4 Å². The van der Waals surface area contributed by atoms with Crippen molar-refractivity contribution in [3.05, 3.63) is 41.3 Å². The van der Waals surface area contributed by atoms with Crippen LogP contribution < -0.4 is 15.8 Å². The van der Waals surface area contributed by atoms with E-state index in [1.165, 1.54) is 15.3 Å². The fraction of sp³-hybridized carbons (Fsp3) is 0.312. The molecule has 0 aliphatic carbocycles. The van der Waals surface area contributed by atoms with Gasteiger partial charge in [0, 0.05) is 16.3 Å². The Labute approximate surface area is 129 Å². The first-order valence-corrected chi connectivity index (χ1v) is 7.81. The number of nitrogens with zero attached hydrogens (tertiary/aromatic N) is 1. The highest BCUT2D eigenvalue weighted by Crippen LogP contribution is 2.29. The standard InChI is InChI=1S/C16H21N3OS/c1-3-10-18-16(17)19-11-14-8-9-15(21-14)12-4-6-13(20-2)7-5-12/h4-9H,3,10-11H2,1-2H3,(H3,17,18,19). The Morgan fingerprint density at radius 2 is 2.00 bits per heavy atom. The number of thiophene rings is 1. The largest absolute Gasteiger partial charge is 0.497 e. The van der Waals surface area contributed by atoms with Gasteiger partial charge in [-0.15, -0.1) is 11.3 Å². The van der Waals surface area contributed by atoms with Gasteiger partial charge in [-0.3, -0.25) is 0 Å². The molecular formula is C16H21N3OS. The lowest BCUT2D eigenvalue weighted by molar-refractivity contribution is 0.415. The van der Waals surface area contributed by atoms with Gasteiger partial charge in [0.1, 0.15) is 5.75 Å². The zero-order chi connectivity index (χ0) is 15.1. The number of rotatable bonds is 6. The summed E-state index contributed by atoms with van der Waals surface area (Å²) in [5.41, 5.74) is 6.98. The van der Waals surface area contributed by atoms with E-state index in [1.807, 2.05) is 12.1 Å². The molecule has 21 heavy (non-hydrogen) atoms. The molecule has 0 amide bonds. The maximum Gasteiger partial charge on any atom is 0.188 e. The van der Waals surface area contributed by atoms with Crippen molar-refractivity contribution in [3.63, 3.8) is 0 Å². The number of nitrogens with one attached hydrogen (secondary N) is 1. The molecule has 4 nitrogen and oxygen atoms in total. The minimum Gasteiger partial charge on any atom is -0.497 e. The molecule has 0 radical (unpaired) electrons. The second kappa shape index (κ2) is 7.69. The molecule has 0 aliphatic heterocycles. The highest BCUT2D eigenvalue weighted by Gasteiger charge is 2.03. The van der Waals surface area contributed by atoms with Gasteiger partial charge in [0.2, 0.25) is 0 Å². The number of methoxy groups -OCH3 is 1. The van der Waals surface area contributed by atoms with Gasteiger partial charge in [-0.1, -0.05) is 6.92 Å². The molecular weight excluding hydrogens is 282 g/mol. The van der Waals surface area contributed by atoms with E-state index in [1.54, 1.807) is 18.4 Å². The van der Waals surface area contributed by atoms with Gasteiger partial charge in [-0.2, -0.15) is 0 Å². The van der Waals surface area contributed by atoms with Crippen molar-refractivity contribution in [3.8, 4) is 16.2 Å². The van der Waals surface area contributed by atoms with Gasteiger partial charge in [0.05, 0.1) is 13.7 Å². The molecule has 0 aliphatic rings. The Kier molecular flexibility index (Phi) is 5.63. The molecule has 0 bridgehead atoms. The summed E-state index contributed by atoms with van der Waals surface area (Å²) in [7, 11) is 1.67. The van der Waals surface area contributed by atoms with E-state index in [0.717, 1.165) is 18.7 Å². The quantitative estimate of drug-likeness (QED) is 0.636. The molecule has 5 heteroatoms. The van der Waals surface area contributed by atoms with Crippen LogP contribution in [0.5, 0.6) is 5.75 Å². The summed E-state index contributed by atoms with van der Waals surface area (Å²) in [5.74, 6) is 1.38. The number of aliphatic imine (C=N–C) groups is 1. The molecule has 2 aromatic rings. The van der Waals surface area contributed by atoms with Crippen molar-refractivity contribution in [2.24, 2.45) is 10.7 Å². The second-order valence-corrected chi connectivity index (χ2v) is 5.79. The number of benzene rings is 1. The van der Waals surface area contributed by atoms with Gasteiger partial charge in [0.25, 0.3) is 0 Å². The Balaban J connectivity index is 2.00. The Bertz CT molecular complexity index is 590. The molecule has 1 aromatic carbocycles. The van der Waals surface area contributed by atoms with Gasteiger partial charge >= 0.3 is 0 Å². The minimum atomic E-state index is 0.510. The maximum atomic E-state index is 5.79. The summed E-state index contributed by atoms with van der Waals surface area (Å²) < 4.78 is 5.17. The number of hydrogen-bond donors (Lipinski definition) is 2. The summed E-state index contributed by atoms with van der Waals surface area (Å²) in [4.78, 5) is 6.76. The third-order valence-corrected chi connectivity index (χ3v) is 4.12. The van der Waals surface area contributed by atoms with E-state index in [-0.39, 0.29) is 0 Å². The van der Waals surface area contributed by atoms with Crippen molar-refractivity contribution >= 4 is 17.3 Å². The molecule has 0 spiro atoms. The zero-order valence-corrected chi connectivity index (χ0v) is 13.2. The van der Waals surface area contributed by atoms with Gasteiger partial charge in [-0.25, -0.2) is 4.99 Å². The van der Waals surface area contributed by atoms with Crippen molar-refractivity contribution in [2.45, 2.75) is 19.9 Å². The fourth-order valence-electron chi connectivity index (χ4n) is 1.85. The average molecular weight is 303 g/mol. The van der Waals surface area contributed by atoms with Crippen molar-refractivity contribution in [1.29, 1.82) is 0 Å². The number of nitrogens with two attached hydrogens (primary N) is 1. The van der Waals surface area contributed by atoms with Crippen molar-refractivity contribution in [2.75, 3.05) is 13.7 Å². The van der Waals surface area contributed by atoms with E-state index in [0.29, 0.717) is 12.5 Å². The summed E-state index contributed by atoms with van der Waals surface area (Å²) in [5, 5.41) is 3.07. The van der Waals surface area contributed by atoms with Gasteiger partial charge in [-0.05, 0) is 48.4 Å². The van der Waals surface area contributed by atoms with E-state index in [2.05, 4.69) is 41.5 Å². The number of ether oxygens (including phenoxy) is 1. The lowest BCUT2D eigenvalue weighted by Gasteiger charge is -2.02. The molecule has 0 fully saturated rings. The molecule has 0 atom stereocenters. The minimum absolute atomic E-state index is 0.510. The fourth-order valence-corrected chi connectivity index (χ4v) is 2.78. The summed E-state index contributed by atoms with van der Waals surface area (Å²) in [6.07, 6.45) is 1.04. The SMILES string of the molecule is CCCNC(N)=NCc1ccc(-c2ccc(OC)cc2)s1. The third-order valence-electron chi connectivity index (χ3n) is 3.00. The van der Waals surface area contributed by atoms with Crippen LogP contribution in [0, 0.1) is 0 Å². The molecule has 0 saturated carbocycles. The molecule has 0 saturated heterocycles.